The van der Waals surface area contributed by atoms with Gasteiger partial charge in [-0.05, 0) is 37.1 Å². The average molecular weight is 250 g/mol. The zero-order chi connectivity index (χ0) is 13.4. The van der Waals surface area contributed by atoms with Crippen molar-refractivity contribution in [2.75, 3.05) is 7.11 Å². The maximum atomic E-state index is 12.0. The Hall–Kier alpha value is -1.51. The summed E-state index contributed by atoms with van der Waals surface area (Å²) < 4.78 is 10.4. The van der Waals surface area contributed by atoms with Gasteiger partial charge in [-0.2, -0.15) is 0 Å². The van der Waals surface area contributed by atoms with E-state index in [0.29, 0.717) is 5.75 Å². The number of unbranched alkanes of at least 4 members (excludes halogenated alkanes) is 1. The lowest BCUT2D eigenvalue weighted by Gasteiger charge is -2.13. The van der Waals surface area contributed by atoms with Crippen LogP contribution in [0.1, 0.15) is 39.5 Å². The third kappa shape index (κ3) is 4.40. The lowest BCUT2D eigenvalue weighted by atomic mass is 10.00. The molecule has 0 aliphatic heterocycles. The molecule has 18 heavy (non-hydrogen) atoms. The van der Waals surface area contributed by atoms with E-state index in [1.54, 1.807) is 31.4 Å². The Kier molecular flexibility index (Phi) is 6.26. The Labute approximate surface area is 109 Å². The molecule has 0 unspecified atom stereocenters. The molecule has 0 aliphatic carbocycles. The molecule has 1 atom stereocenters. The van der Waals surface area contributed by atoms with Gasteiger partial charge in [0, 0.05) is 0 Å². The molecule has 1 rings (SSSR count). The van der Waals surface area contributed by atoms with E-state index in [9.17, 15) is 4.79 Å². The van der Waals surface area contributed by atoms with E-state index >= 15 is 0 Å². The van der Waals surface area contributed by atoms with Crippen LogP contribution in [-0.4, -0.2) is 13.1 Å². The van der Waals surface area contributed by atoms with E-state index < -0.39 is 0 Å². The molecule has 0 N–H and O–H groups in total. The molecule has 0 aromatic heterocycles. The Morgan fingerprint density at radius 1 is 1.17 bits per heavy atom. The van der Waals surface area contributed by atoms with Crippen LogP contribution in [-0.2, 0) is 4.79 Å². The van der Waals surface area contributed by atoms with Gasteiger partial charge in [0.15, 0.2) is 0 Å². The van der Waals surface area contributed by atoms with E-state index in [2.05, 4.69) is 6.92 Å². The van der Waals surface area contributed by atoms with Gasteiger partial charge in [-0.25, -0.2) is 0 Å². The largest absolute Gasteiger partial charge is 0.497 e. The lowest BCUT2D eigenvalue weighted by molar-refractivity contribution is -0.139. The van der Waals surface area contributed by atoms with Gasteiger partial charge in [-0.3, -0.25) is 4.79 Å². The Morgan fingerprint density at radius 3 is 2.28 bits per heavy atom. The molecule has 0 bridgehead atoms. The summed E-state index contributed by atoms with van der Waals surface area (Å²) >= 11 is 0. The van der Waals surface area contributed by atoms with Crippen LogP contribution in [0.2, 0.25) is 0 Å². The molecule has 0 heterocycles. The smallest absolute Gasteiger partial charge is 0.314 e. The first-order chi connectivity index (χ1) is 8.71. The zero-order valence-corrected chi connectivity index (χ0v) is 11.4. The fraction of sp³-hybridized carbons (Fsp3) is 0.533. The number of ether oxygens (including phenoxy) is 2. The molecular formula is C15H22O3. The molecule has 0 amide bonds. The summed E-state index contributed by atoms with van der Waals surface area (Å²) in [6, 6.07) is 7.08. The molecule has 3 nitrogen and oxygen atoms in total. The number of methoxy groups -OCH3 is 1. The molecule has 0 aliphatic rings. The highest BCUT2D eigenvalue weighted by Gasteiger charge is 2.17. The number of benzene rings is 1. The van der Waals surface area contributed by atoms with Crippen LogP contribution in [0.3, 0.4) is 0 Å². The highest BCUT2D eigenvalue weighted by Crippen LogP contribution is 2.20. The third-order valence-electron chi connectivity index (χ3n) is 3.01. The van der Waals surface area contributed by atoms with E-state index in [-0.39, 0.29) is 11.9 Å². The van der Waals surface area contributed by atoms with E-state index in [1.165, 1.54) is 0 Å². The monoisotopic (exact) mass is 250 g/mol. The minimum absolute atomic E-state index is 0.00653. The lowest BCUT2D eigenvalue weighted by Crippen LogP contribution is -2.19. The minimum Gasteiger partial charge on any atom is -0.497 e. The molecule has 1 aromatic carbocycles. The maximum absolute atomic E-state index is 12.0. The first-order valence-corrected chi connectivity index (χ1v) is 6.57. The van der Waals surface area contributed by atoms with Crippen molar-refractivity contribution >= 4 is 5.97 Å². The SMILES string of the molecule is CCCC[C@@H](CC)C(=O)Oc1ccc(OC)cc1. The number of carbonyl (C=O) groups excluding carboxylic acids is 1. The summed E-state index contributed by atoms with van der Waals surface area (Å²) in [5, 5.41) is 0. The van der Waals surface area contributed by atoms with Gasteiger partial charge >= 0.3 is 5.97 Å². The summed E-state index contributed by atoms with van der Waals surface area (Å²) in [6.45, 7) is 4.15. The van der Waals surface area contributed by atoms with Crippen molar-refractivity contribution in [3.63, 3.8) is 0 Å². The summed E-state index contributed by atoms with van der Waals surface area (Å²) in [4.78, 5) is 12.0. The second-order valence-corrected chi connectivity index (χ2v) is 4.34. The average Bonchev–Trinajstić information content (AvgIpc) is 2.40. The van der Waals surface area contributed by atoms with E-state index in [4.69, 9.17) is 9.47 Å². The van der Waals surface area contributed by atoms with Gasteiger partial charge in [-0.1, -0.05) is 26.7 Å². The molecule has 1 aromatic rings. The molecule has 0 saturated heterocycles. The molecular weight excluding hydrogens is 228 g/mol. The molecule has 0 radical (unpaired) electrons. The number of rotatable bonds is 7. The number of carbonyl (C=O) groups is 1. The molecule has 0 saturated carbocycles. The number of hydrogen-bond acceptors (Lipinski definition) is 3. The second-order valence-electron chi connectivity index (χ2n) is 4.34. The van der Waals surface area contributed by atoms with Crippen molar-refractivity contribution < 1.29 is 14.3 Å². The molecule has 0 fully saturated rings. The van der Waals surface area contributed by atoms with Crippen LogP contribution >= 0.6 is 0 Å². The quantitative estimate of drug-likeness (QED) is 0.545. The van der Waals surface area contributed by atoms with Crippen molar-refractivity contribution in [2.24, 2.45) is 5.92 Å². The van der Waals surface area contributed by atoms with Gasteiger partial charge in [-0.15, -0.1) is 0 Å². The maximum Gasteiger partial charge on any atom is 0.314 e. The van der Waals surface area contributed by atoms with Crippen LogP contribution in [0.4, 0.5) is 0 Å². The zero-order valence-electron chi connectivity index (χ0n) is 11.4. The van der Waals surface area contributed by atoms with Crippen LogP contribution in [0.25, 0.3) is 0 Å². The topological polar surface area (TPSA) is 35.5 Å². The van der Waals surface area contributed by atoms with Gasteiger partial charge in [0.1, 0.15) is 11.5 Å². The van der Waals surface area contributed by atoms with Crippen molar-refractivity contribution in [3.05, 3.63) is 24.3 Å². The summed E-state index contributed by atoms with van der Waals surface area (Å²) in [5.41, 5.74) is 0. The van der Waals surface area contributed by atoms with Crippen LogP contribution in [0.15, 0.2) is 24.3 Å². The highest BCUT2D eigenvalue weighted by atomic mass is 16.5. The fourth-order valence-electron chi connectivity index (χ4n) is 1.78. The fourth-order valence-corrected chi connectivity index (χ4v) is 1.78. The van der Waals surface area contributed by atoms with Crippen LogP contribution in [0, 0.1) is 5.92 Å². The van der Waals surface area contributed by atoms with Crippen LogP contribution in [0.5, 0.6) is 11.5 Å². The summed E-state index contributed by atoms with van der Waals surface area (Å²) in [5.74, 6) is 1.21. The Balaban J connectivity index is 2.55. The van der Waals surface area contributed by atoms with Crippen molar-refractivity contribution in [3.8, 4) is 11.5 Å². The van der Waals surface area contributed by atoms with Crippen molar-refractivity contribution in [1.82, 2.24) is 0 Å². The number of hydrogen-bond donors (Lipinski definition) is 0. The minimum atomic E-state index is -0.129. The summed E-state index contributed by atoms with van der Waals surface area (Å²) in [7, 11) is 1.61. The van der Waals surface area contributed by atoms with Gasteiger partial charge in [0.05, 0.1) is 13.0 Å². The first kappa shape index (κ1) is 14.6. The van der Waals surface area contributed by atoms with Gasteiger partial charge < -0.3 is 9.47 Å². The second kappa shape index (κ2) is 7.75. The Morgan fingerprint density at radius 2 is 1.78 bits per heavy atom. The van der Waals surface area contributed by atoms with Crippen molar-refractivity contribution in [2.45, 2.75) is 39.5 Å². The summed E-state index contributed by atoms with van der Waals surface area (Å²) in [6.07, 6.45) is 3.90. The first-order valence-electron chi connectivity index (χ1n) is 6.57. The molecule has 3 heteroatoms. The van der Waals surface area contributed by atoms with E-state index in [1.807, 2.05) is 6.92 Å². The molecule has 0 spiro atoms. The Bertz CT molecular complexity index is 357. The predicted octanol–water partition coefficient (Wildman–Crippen LogP) is 3.82. The highest BCUT2D eigenvalue weighted by molar-refractivity contribution is 5.75. The van der Waals surface area contributed by atoms with Crippen LogP contribution < -0.4 is 9.47 Å². The van der Waals surface area contributed by atoms with Gasteiger partial charge in [0.25, 0.3) is 0 Å². The molecule has 100 valence electrons. The number of esters is 1. The standard InChI is InChI=1S/C15H22O3/c1-4-6-7-12(5-2)15(16)18-14-10-8-13(17-3)9-11-14/h8-12H,4-7H2,1-3H3/t12-/m1/s1. The predicted molar refractivity (Wildman–Crippen MR) is 71.9 cm³/mol. The van der Waals surface area contributed by atoms with Crippen molar-refractivity contribution in [1.29, 1.82) is 0 Å². The third-order valence-corrected chi connectivity index (χ3v) is 3.01. The van der Waals surface area contributed by atoms with E-state index in [0.717, 1.165) is 31.4 Å². The van der Waals surface area contributed by atoms with Gasteiger partial charge in [0.2, 0.25) is 0 Å². The normalized spacial score (nSPS) is 11.9.